The fourth-order valence-corrected chi connectivity index (χ4v) is 2.59. The molecule has 0 amide bonds. The molecule has 0 spiro atoms. The van der Waals surface area contributed by atoms with Gasteiger partial charge in [0.15, 0.2) is 0 Å². The summed E-state index contributed by atoms with van der Waals surface area (Å²) in [5.41, 5.74) is 2.69. The number of nitrogens with zero attached hydrogens (tertiary/aromatic N) is 1. The Hall–Kier alpha value is -1.81. The fourth-order valence-electron chi connectivity index (χ4n) is 2.59. The number of aryl methyl sites for hydroxylation is 1. The van der Waals surface area contributed by atoms with Crippen LogP contribution >= 0.6 is 0 Å². The van der Waals surface area contributed by atoms with Gasteiger partial charge in [0.25, 0.3) is 0 Å². The third-order valence-electron chi connectivity index (χ3n) is 4.05. The Bertz CT molecular complexity index is 636. The van der Waals surface area contributed by atoms with Crippen molar-refractivity contribution in [2.45, 2.75) is 25.7 Å². The molecular formula is C16H15N. The largest absolute Gasteiger partial charge is 0.198 e. The molecule has 0 radical (unpaired) electrons. The summed E-state index contributed by atoms with van der Waals surface area (Å²) in [5, 5.41) is 11.6. The van der Waals surface area contributed by atoms with Crippen molar-refractivity contribution < 1.29 is 0 Å². The zero-order valence-electron chi connectivity index (χ0n) is 10.2. The second-order valence-electron chi connectivity index (χ2n) is 5.37. The molecule has 2 aromatic carbocycles. The van der Waals surface area contributed by atoms with Crippen LogP contribution in [0.4, 0.5) is 0 Å². The molecule has 17 heavy (non-hydrogen) atoms. The summed E-state index contributed by atoms with van der Waals surface area (Å²) in [6.45, 7) is 4.30. The van der Waals surface area contributed by atoms with Crippen LogP contribution in [0, 0.1) is 24.2 Å². The average Bonchev–Trinajstić information content (AvgIpc) is 3.01. The highest BCUT2D eigenvalue weighted by molar-refractivity contribution is 5.84. The zero-order chi connectivity index (χ0) is 12.0. The van der Waals surface area contributed by atoms with Gasteiger partial charge in [0, 0.05) is 5.41 Å². The molecule has 0 saturated heterocycles. The van der Waals surface area contributed by atoms with Crippen molar-refractivity contribution in [1.29, 1.82) is 5.26 Å². The first-order valence-electron chi connectivity index (χ1n) is 6.04. The smallest absolute Gasteiger partial charge is 0.0665 e. The first kappa shape index (κ1) is 10.4. The van der Waals surface area contributed by atoms with Gasteiger partial charge in [-0.25, -0.2) is 0 Å². The summed E-state index contributed by atoms with van der Waals surface area (Å²) in [6, 6.07) is 15.5. The Kier molecular flexibility index (Phi) is 2.03. The molecule has 1 aliphatic rings. The Morgan fingerprint density at radius 2 is 1.88 bits per heavy atom. The first-order chi connectivity index (χ1) is 8.13. The molecule has 3 rings (SSSR count). The third kappa shape index (κ3) is 1.52. The van der Waals surface area contributed by atoms with Crippen LogP contribution in [-0.4, -0.2) is 0 Å². The lowest BCUT2D eigenvalue weighted by molar-refractivity contribution is 0.743. The van der Waals surface area contributed by atoms with Crippen molar-refractivity contribution in [3.63, 3.8) is 0 Å². The van der Waals surface area contributed by atoms with Crippen molar-refractivity contribution in [3.05, 3.63) is 47.5 Å². The van der Waals surface area contributed by atoms with Gasteiger partial charge in [0.05, 0.1) is 12.0 Å². The first-order valence-corrected chi connectivity index (χ1v) is 6.04. The minimum absolute atomic E-state index is 0.0911. The lowest BCUT2D eigenvalue weighted by Crippen LogP contribution is -2.03. The summed E-state index contributed by atoms with van der Waals surface area (Å²) < 4.78 is 0. The van der Waals surface area contributed by atoms with Gasteiger partial charge in [-0.05, 0) is 29.7 Å². The minimum atomic E-state index is 0.0911. The van der Waals surface area contributed by atoms with Gasteiger partial charge >= 0.3 is 0 Å². The number of hydrogen-bond acceptors (Lipinski definition) is 1. The molecule has 1 aliphatic carbocycles. The van der Waals surface area contributed by atoms with E-state index in [0.29, 0.717) is 0 Å². The van der Waals surface area contributed by atoms with Gasteiger partial charge in [-0.1, -0.05) is 48.9 Å². The highest BCUT2D eigenvalue weighted by Gasteiger charge is 2.51. The molecule has 0 aliphatic heterocycles. The average molecular weight is 221 g/mol. The predicted molar refractivity (Wildman–Crippen MR) is 69.8 cm³/mol. The maximum Gasteiger partial charge on any atom is 0.0665 e. The van der Waals surface area contributed by atoms with E-state index in [1.54, 1.807) is 0 Å². The number of rotatable bonds is 1. The summed E-state index contributed by atoms with van der Waals surface area (Å²) in [7, 11) is 0. The Morgan fingerprint density at radius 3 is 2.59 bits per heavy atom. The summed E-state index contributed by atoms with van der Waals surface area (Å²) in [6.07, 6.45) is 1.00. The molecular weight excluding hydrogens is 206 g/mol. The Morgan fingerprint density at radius 1 is 1.18 bits per heavy atom. The molecule has 0 N–H and O–H groups in total. The number of fused-ring (bicyclic) bond motifs is 1. The van der Waals surface area contributed by atoms with Gasteiger partial charge in [0.1, 0.15) is 0 Å². The SMILES string of the molecule is Cc1ccc2cc(C3(C)CC3C#N)ccc2c1. The number of nitriles is 1. The highest BCUT2D eigenvalue weighted by Crippen LogP contribution is 2.53. The van der Waals surface area contributed by atoms with Crippen LogP contribution in [0.3, 0.4) is 0 Å². The summed E-state index contributed by atoms with van der Waals surface area (Å²) >= 11 is 0. The van der Waals surface area contributed by atoms with E-state index in [0.717, 1.165) is 6.42 Å². The van der Waals surface area contributed by atoms with Crippen LogP contribution in [0.25, 0.3) is 10.8 Å². The molecule has 1 fully saturated rings. The Balaban J connectivity index is 2.10. The van der Waals surface area contributed by atoms with Gasteiger partial charge in [-0.3, -0.25) is 0 Å². The standard InChI is InChI=1S/C16H15N/c1-11-3-4-13-8-14(6-5-12(13)7-11)16(2)9-15(16)10-17/h3-8,15H,9H2,1-2H3. The van der Waals surface area contributed by atoms with E-state index >= 15 is 0 Å². The van der Waals surface area contributed by atoms with Crippen LogP contribution in [0.5, 0.6) is 0 Å². The normalized spacial score (nSPS) is 26.8. The van der Waals surface area contributed by atoms with Crippen LogP contribution in [0.1, 0.15) is 24.5 Å². The molecule has 1 heteroatoms. The van der Waals surface area contributed by atoms with E-state index in [2.05, 4.69) is 56.3 Å². The molecule has 1 saturated carbocycles. The molecule has 84 valence electrons. The number of hydrogen-bond donors (Lipinski definition) is 0. The maximum atomic E-state index is 9.00. The molecule has 2 atom stereocenters. The molecule has 0 heterocycles. The number of benzene rings is 2. The molecule has 1 nitrogen and oxygen atoms in total. The monoisotopic (exact) mass is 221 g/mol. The lowest BCUT2D eigenvalue weighted by Gasteiger charge is -2.11. The van der Waals surface area contributed by atoms with Crippen molar-refractivity contribution >= 4 is 10.8 Å². The van der Waals surface area contributed by atoms with E-state index in [4.69, 9.17) is 5.26 Å². The summed E-state index contributed by atoms with van der Waals surface area (Å²) in [5.74, 6) is 0.199. The van der Waals surface area contributed by atoms with E-state index in [-0.39, 0.29) is 11.3 Å². The van der Waals surface area contributed by atoms with Crippen molar-refractivity contribution in [2.24, 2.45) is 5.92 Å². The molecule has 2 unspecified atom stereocenters. The maximum absolute atomic E-state index is 9.00. The second-order valence-corrected chi connectivity index (χ2v) is 5.37. The molecule has 0 bridgehead atoms. The minimum Gasteiger partial charge on any atom is -0.198 e. The quantitative estimate of drug-likeness (QED) is 0.715. The van der Waals surface area contributed by atoms with E-state index < -0.39 is 0 Å². The van der Waals surface area contributed by atoms with Crippen LogP contribution in [-0.2, 0) is 5.41 Å². The van der Waals surface area contributed by atoms with E-state index in [9.17, 15) is 0 Å². The highest BCUT2D eigenvalue weighted by atomic mass is 14.5. The topological polar surface area (TPSA) is 23.8 Å². The fraction of sp³-hybridized carbons (Fsp3) is 0.312. The van der Waals surface area contributed by atoms with Crippen molar-refractivity contribution in [3.8, 4) is 6.07 Å². The van der Waals surface area contributed by atoms with Crippen LogP contribution in [0.2, 0.25) is 0 Å². The molecule has 0 aromatic heterocycles. The Labute approximate surface area is 102 Å². The van der Waals surface area contributed by atoms with Crippen LogP contribution in [0.15, 0.2) is 36.4 Å². The molecule has 2 aromatic rings. The van der Waals surface area contributed by atoms with E-state index in [1.807, 2.05) is 0 Å². The van der Waals surface area contributed by atoms with Gasteiger partial charge in [-0.2, -0.15) is 5.26 Å². The van der Waals surface area contributed by atoms with Crippen LogP contribution < -0.4 is 0 Å². The predicted octanol–water partition coefficient (Wildman–Crippen LogP) is 3.95. The van der Waals surface area contributed by atoms with Crippen molar-refractivity contribution in [2.75, 3.05) is 0 Å². The van der Waals surface area contributed by atoms with Gasteiger partial charge in [-0.15, -0.1) is 0 Å². The van der Waals surface area contributed by atoms with E-state index in [1.165, 1.54) is 21.9 Å². The van der Waals surface area contributed by atoms with Gasteiger partial charge < -0.3 is 0 Å². The zero-order valence-corrected chi connectivity index (χ0v) is 10.2. The lowest BCUT2D eigenvalue weighted by atomic mass is 9.93. The van der Waals surface area contributed by atoms with Crippen molar-refractivity contribution in [1.82, 2.24) is 0 Å². The van der Waals surface area contributed by atoms with Gasteiger partial charge in [0.2, 0.25) is 0 Å². The second kappa shape index (κ2) is 3.34. The summed E-state index contributed by atoms with van der Waals surface area (Å²) in [4.78, 5) is 0. The third-order valence-corrected chi connectivity index (χ3v) is 4.05.